The molecule has 0 saturated carbocycles. The number of carbonyl (C=O) groups is 2. The molecule has 1 aromatic rings. The standard InChI is InChI=1S/C17H27N3O2S/c1-12(17-13(2)23-14(3)18-17)19(4)15(21)9-11-20-10-7-5-6-8-16(20)22/h12H,5-11H2,1-4H3/t12-/m1/s1. The first kappa shape index (κ1) is 17.9. The van der Waals surface area contributed by atoms with E-state index >= 15 is 0 Å². The Labute approximate surface area is 142 Å². The van der Waals surface area contributed by atoms with E-state index < -0.39 is 0 Å². The van der Waals surface area contributed by atoms with Crippen LogP contribution in [0.15, 0.2) is 0 Å². The van der Waals surface area contributed by atoms with Crippen LogP contribution in [0.1, 0.15) is 60.6 Å². The molecule has 2 heterocycles. The second-order valence-corrected chi connectivity index (χ2v) is 7.70. The lowest BCUT2D eigenvalue weighted by molar-refractivity contribution is -0.134. The largest absolute Gasteiger partial charge is 0.342 e. The first-order valence-corrected chi connectivity index (χ1v) is 9.19. The van der Waals surface area contributed by atoms with Crippen molar-refractivity contribution in [2.75, 3.05) is 20.1 Å². The molecule has 0 N–H and O–H groups in total. The van der Waals surface area contributed by atoms with Crippen LogP contribution < -0.4 is 0 Å². The number of likely N-dealkylation sites (tertiary alicyclic amines) is 1. The molecule has 0 radical (unpaired) electrons. The van der Waals surface area contributed by atoms with Crippen LogP contribution in [0.5, 0.6) is 0 Å². The Balaban J connectivity index is 1.91. The van der Waals surface area contributed by atoms with E-state index in [4.69, 9.17) is 0 Å². The smallest absolute Gasteiger partial charge is 0.224 e. The fraction of sp³-hybridized carbons (Fsp3) is 0.706. The fourth-order valence-corrected chi connectivity index (χ4v) is 3.92. The molecule has 0 aromatic carbocycles. The summed E-state index contributed by atoms with van der Waals surface area (Å²) in [5, 5.41) is 1.03. The van der Waals surface area contributed by atoms with Gasteiger partial charge in [-0.15, -0.1) is 11.3 Å². The fourth-order valence-electron chi connectivity index (χ4n) is 3.01. The maximum Gasteiger partial charge on any atom is 0.224 e. The number of thiazole rings is 1. The van der Waals surface area contributed by atoms with Crippen molar-refractivity contribution in [1.82, 2.24) is 14.8 Å². The van der Waals surface area contributed by atoms with Crippen LogP contribution in [0.3, 0.4) is 0 Å². The van der Waals surface area contributed by atoms with Gasteiger partial charge in [0.05, 0.1) is 16.7 Å². The van der Waals surface area contributed by atoms with Gasteiger partial charge in [-0.05, 0) is 33.6 Å². The SMILES string of the molecule is Cc1nc([C@@H](C)N(C)C(=O)CCN2CCCCCC2=O)c(C)s1. The average molecular weight is 337 g/mol. The normalized spacial score (nSPS) is 17.0. The highest BCUT2D eigenvalue weighted by Gasteiger charge is 2.23. The number of aryl methyl sites for hydroxylation is 2. The summed E-state index contributed by atoms with van der Waals surface area (Å²) in [7, 11) is 1.82. The summed E-state index contributed by atoms with van der Waals surface area (Å²) in [4.78, 5) is 33.8. The van der Waals surface area contributed by atoms with Gasteiger partial charge in [-0.25, -0.2) is 4.98 Å². The third-order valence-corrected chi connectivity index (χ3v) is 5.48. The molecule has 23 heavy (non-hydrogen) atoms. The maximum atomic E-state index is 12.5. The zero-order chi connectivity index (χ0) is 17.0. The third-order valence-electron chi connectivity index (χ3n) is 4.58. The van der Waals surface area contributed by atoms with Gasteiger partial charge < -0.3 is 9.80 Å². The molecular formula is C17H27N3O2S. The predicted molar refractivity (Wildman–Crippen MR) is 92.4 cm³/mol. The first-order chi connectivity index (χ1) is 10.9. The number of amides is 2. The summed E-state index contributed by atoms with van der Waals surface area (Å²) in [5.41, 5.74) is 0.981. The monoisotopic (exact) mass is 337 g/mol. The van der Waals surface area contributed by atoms with Crippen molar-refractivity contribution in [3.05, 3.63) is 15.6 Å². The van der Waals surface area contributed by atoms with Crippen molar-refractivity contribution in [2.45, 2.75) is 58.9 Å². The molecular weight excluding hydrogens is 310 g/mol. The molecule has 128 valence electrons. The molecule has 2 rings (SSSR count). The van der Waals surface area contributed by atoms with E-state index in [1.807, 2.05) is 32.7 Å². The van der Waals surface area contributed by atoms with E-state index in [-0.39, 0.29) is 17.9 Å². The summed E-state index contributed by atoms with van der Waals surface area (Å²) >= 11 is 1.66. The Morgan fingerprint density at radius 3 is 2.74 bits per heavy atom. The molecule has 0 unspecified atom stereocenters. The van der Waals surface area contributed by atoms with Gasteiger partial charge >= 0.3 is 0 Å². The van der Waals surface area contributed by atoms with Crippen LogP contribution in [0.4, 0.5) is 0 Å². The molecule has 6 heteroatoms. The van der Waals surface area contributed by atoms with Gasteiger partial charge in [0.1, 0.15) is 0 Å². The number of rotatable bonds is 5. The highest BCUT2D eigenvalue weighted by molar-refractivity contribution is 7.11. The van der Waals surface area contributed by atoms with Crippen LogP contribution in [-0.4, -0.2) is 46.7 Å². The molecule has 1 aliphatic heterocycles. The molecule has 1 atom stereocenters. The topological polar surface area (TPSA) is 53.5 Å². The molecule has 2 amide bonds. The van der Waals surface area contributed by atoms with Gasteiger partial charge in [0, 0.05) is 37.9 Å². The van der Waals surface area contributed by atoms with Crippen molar-refractivity contribution in [3.63, 3.8) is 0 Å². The van der Waals surface area contributed by atoms with E-state index in [0.717, 1.165) is 41.4 Å². The lowest BCUT2D eigenvalue weighted by Crippen LogP contribution is -2.36. The van der Waals surface area contributed by atoms with Crippen molar-refractivity contribution >= 4 is 23.2 Å². The van der Waals surface area contributed by atoms with E-state index in [1.54, 1.807) is 16.2 Å². The minimum atomic E-state index is -0.0349. The first-order valence-electron chi connectivity index (χ1n) is 8.37. The van der Waals surface area contributed by atoms with Gasteiger partial charge in [-0.1, -0.05) is 6.42 Å². The van der Waals surface area contributed by atoms with Gasteiger partial charge in [0.15, 0.2) is 0 Å². The van der Waals surface area contributed by atoms with Gasteiger partial charge in [0.25, 0.3) is 0 Å². The second-order valence-electron chi connectivity index (χ2n) is 6.30. The molecule has 1 aliphatic rings. The molecule has 1 aromatic heterocycles. The van der Waals surface area contributed by atoms with Gasteiger partial charge in [-0.3, -0.25) is 9.59 Å². The summed E-state index contributed by atoms with van der Waals surface area (Å²) < 4.78 is 0. The quantitative estimate of drug-likeness (QED) is 0.830. The van der Waals surface area contributed by atoms with Crippen LogP contribution in [-0.2, 0) is 9.59 Å². The molecule has 0 aliphatic carbocycles. The molecule has 5 nitrogen and oxygen atoms in total. The number of hydrogen-bond acceptors (Lipinski definition) is 4. The van der Waals surface area contributed by atoms with Crippen molar-refractivity contribution < 1.29 is 9.59 Å². The van der Waals surface area contributed by atoms with E-state index in [9.17, 15) is 9.59 Å². The summed E-state index contributed by atoms with van der Waals surface area (Å²) in [6, 6.07) is -0.0349. The minimum Gasteiger partial charge on any atom is -0.342 e. The predicted octanol–water partition coefficient (Wildman–Crippen LogP) is 3.07. The van der Waals surface area contributed by atoms with Gasteiger partial charge in [0.2, 0.25) is 11.8 Å². The van der Waals surface area contributed by atoms with E-state index in [0.29, 0.717) is 19.4 Å². The third kappa shape index (κ3) is 4.53. The Bertz CT molecular complexity index is 570. The second kappa shape index (κ2) is 7.90. The highest BCUT2D eigenvalue weighted by Crippen LogP contribution is 2.26. The van der Waals surface area contributed by atoms with Crippen LogP contribution in [0.2, 0.25) is 0 Å². The Kier molecular flexibility index (Phi) is 6.16. The maximum absolute atomic E-state index is 12.5. The summed E-state index contributed by atoms with van der Waals surface area (Å²) in [5.74, 6) is 0.261. The summed E-state index contributed by atoms with van der Waals surface area (Å²) in [6.45, 7) is 7.36. The molecule has 1 fully saturated rings. The molecule has 1 saturated heterocycles. The minimum absolute atomic E-state index is 0.0349. The molecule has 0 spiro atoms. The van der Waals surface area contributed by atoms with E-state index in [2.05, 4.69) is 4.98 Å². The van der Waals surface area contributed by atoms with Gasteiger partial charge in [-0.2, -0.15) is 0 Å². The number of carbonyl (C=O) groups excluding carboxylic acids is 2. The van der Waals surface area contributed by atoms with Crippen molar-refractivity contribution in [3.8, 4) is 0 Å². The van der Waals surface area contributed by atoms with Crippen molar-refractivity contribution in [2.24, 2.45) is 0 Å². The number of aromatic nitrogens is 1. The molecule has 0 bridgehead atoms. The lowest BCUT2D eigenvalue weighted by Gasteiger charge is -2.26. The Morgan fingerprint density at radius 2 is 2.09 bits per heavy atom. The van der Waals surface area contributed by atoms with Crippen molar-refractivity contribution in [1.29, 1.82) is 0 Å². The highest BCUT2D eigenvalue weighted by atomic mass is 32.1. The zero-order valence-corrected chi connectivity index (χ0v) is 15.4. The Morgan fingerprint density at radius 1 is 1.35 bits per heavy atom. The number of hydrogen-bond donors (Lipinski definition) is 0. The summed E-state index contributed by atoms with van der Waals surface area (Å²) in [6.07, 6.45) is 4.13. The lowest BCUT2D eigenvalue weighted by atomic mass is 10.2. The Hall–Kier alpha value is -1.43. The zero-order valence-electron chi connectivity index (χ0n) is 14.6. The van der Waals surface area contributed by atoms with Crippen LogP contribution in [0.25, 0.3) is 0 Å². The average Bonchev–Trinajstić information content (AvgIpc) is 2.72. The number of nitrogens with zero attached hydrogens (tertiary/aromatic N) is 3. The van der Waals surface area contributed by atoms with Crippen LogP contribution >= 0.6 is 11.3 Å². The van der Waals surface area contributed by atoms with E-state index in [1.165, 1.54) is 0 Å². The van der Waals surface area contributed by atoms with Crippen LogP contribution in [0, 0.1) is 13.8 Å².